The van der Waals surface area contributed by atoms with Crippen LogP contribution in [0.3, 0.4) is 0 Å². The van der Waals surface area contributed by atoms with Crippen molar-refractivity contribution in [3.8, 4) is 0 Å². The highest BCUT2D eigenvalue weighted by Crippen LogP contribution is 2.29. The van der Waals surface area contributed by atoms with Crippen LogP contribution in [0.1, 0.15) is 43.4 Å². The maximum absolute atomic E-state index is 12.9. The molecule has 1 amide bonds. The van der Waals surface area contributed by atoms with Crippen LogP contribution >= 0.6 is 0 Å². The summed E-state index contributed by atoms with van der Waals surface area (Å²) in [5.41, 5.74) is 4.67. The summed E-state index contributed by atoms with van der Waals surface area (Å²) in [6.45, 7) is 4.34. The van der Waals surface area contributed by atoms with E-state index < -0.39 is 0 Å². The third-order valence-corrected chi connectivity index (χ3v) is 4.92. The van der Waals surface area contributed by atoms with Gasteiger partial charge in [0, 0.05) is 24.4 Å². The predicted octanol–water partition coefficient (Wildman–Crippen LogP) is 4.32. The number of ketones is 1. The van der Waals surface area contributed by atoms with Gasteiger partial charge in [0.25, 0.3) is 0 Å². The minimum atomic E-state index is -0.0202. The fourth-order valence-electron chi connectivity index (χ4n) is 3.34. The monoisotopic (exact) mass is 335 g/mol. The lowest BCUT2D eigenvalue weighted by Gasteiger charge is -2.29. The van der Waals surface area contributed by atoms with Crippen molar-refractivity contribution < 1.29 is 9.59 Å². The Kier molecular flexibility index (Phi) is 5.32. The quantitative estimate of drug-likeness (QED) is 0.834. The van der Waals surface area contributed by atoms with Gasteiger partial charge in [0.1, 0.15) is 5.78 Å². The van der Waals surface area contributed by atoms with Crippen LogP contribution in [0.4, 0.5) is 5.69 Å². The average molecular weight is 335 g/mol. The summed E-state index contributed by atoms with van der Waals surface area (Å²) in [7, 11) is 0. The van der Waals surface area contributed by atoms with Crippen molar-refractivity contribution in [1.29, 1.82) is 0 Å². The van der Waals surface area contributed by atoms with E-state index in [1.165, 1.54) is 16.7 Å². The molecule has 0 unspecified atom stereocenters. The number of fused-ring (bicyclic) bond motifs is 2. The number of aryl methyl sites for hydroxylation is 2. The Morgan fingerprint density at radius 2 is 1.48 bits per heavy atom. The van der Waals surface area contributed by atoms with E-state index in [-0.39, 0.29) is 24.0 Å². The highest BCUT2D eigenvalue weighted by Gasteiger charge is 2.23. The largest absolute Gasteiger partial charge is 0.308 e. The van der Waals surface area contributed by atoms with Gasteiger partial charge in [-0.05, 0) is 35.6 Å². The van der Waals surface area contributed by atoms with E-state index in [9.17, 15) is 9.59 Å². The Bertz CT molecular complexity index is 779. The zero-order valence-electron chi connectivity index (χ0n) is 15.0. The van der Waals surface area contributed by atoms with Gasteiger partial charge in [-0.25, -0.2) is 0 Å². The number of carbonyl (C=O) groups is 2. The first kappa shape index (κ1) is 17.4. The molecule has 3 rings (SSSR count). The molecule has 25 heavy (non-hydrogen) atoms. The van der Waals surface area contributed by atoms with Gasteiger partial charge in [0.15, 0.2) is 0 Å². The molecule has 0 saturated carbocycles. The van der Waals surface area contributed by atoms with Crippen molar-refractivity contribution >= 4 is 17.4 Å². The van der Waals surface area contributed by atoms with Gasteiger partial charge in [-0.15, -0.1) is 0 Å². The van der Waals surface area contributed by atoms with Crippen LogP contribution in [-0.2, 0) is 29.0 Å². The van der Waals surface area contributed by atoms with Crippen molar-refractivity contribution in [1.82, 2.24) is 0 Å². The predicted molar refractivity (Wildman–Crippen MR) is 101 cm³/mol. The highest BCUT2D eigenvalue weighted by molar-refractivity contribution is 5.96. The SMILES string of the molecule is CC(C)C(=O)CCC(=O)N1Cc2ccccc2CCc2ccccc21. The lowest BCUT2D eigenvalue weighted by Crippen LogP contribution is -2.33. The minimum Gasteiger partial charge on any atom is -0.308 e. The van der Waals surface area contributed by atoms with E-state index in [1.807, 2.05) is 43.0 Å². The van der Waals surface area contributed by atoms with Crippen LogP contribution in [-0.4, -0.2) is 11.7 Å². The van der Waals surface area contributed by atoms with Crippen LogP contribution < -0.4 is 4.90 Å². The van der Waals surface area contributed by atoms with Gasteiger partial charge in [-0.1, -0.05) is 56.3 Å². The lowest BCUT2D eigenvalue weighted by molar-refractivity contribution is -0.125. The van der Waals surface area contributed by atoms with Gasteiger partial charge >= 0.3 is 0 Å². The summed E-state index contributed by atoms with van der Waals surface area (Å²) in [5.74, 6) is 0.153. The molecule has 0 N–H and O–H groups in total. The summed E-state index contributed by atoms with van der Waals surface area (Å²) >= 11 is 0. The standard InChI is InChI=1S/C22H25NO2/c1-16(2)21(24)13-14-22(25)23-15-19-9-4-3-7-17(19)11-12-18-8-5-6-10-20(18)23/h3-10,16H,11-15H2,1-2H3. The molecule has 3 heteroatoms. The molecule has 0 aromatic heterocycles. The normalized spacial score (nSPS) is 13.6. The number of hydrogen-bond donors (Lipinski definition) is 0. The van der Waals surface area contributed by atoms with Gasteiger partial charge in [0.05, 0.1) is 6.54 Å². The van der Waals surface area contributed by atoms with Crippen molar-refractivity contribution in [3.63, 3.8) is 0 Å². The van der Waals surface area contributed by atoms with Crippen LogP contribution in [0.5, 0.6) is 0 Å². The van der Waals surface area contributed by atoms with E-state index in [2.05, 4.69) is 24.3 Å². The first-order valence-electron chi connectivity index (χ1n) is 9.04. The van der Waals surface area contributed by atoms with Gasteiger partial charge < -0.3 is 4.90 Å². The molecule has 0 aliphatic carbocycles. The van der Waals surface area contributed by atoms with Crippen molar-refractivity contribution in [2.24, 2.45) is 5.92 Å². The summed E-state index contributed by atoms with van der Waals surface area (Å²) in [4.78, 5) is 26.7. The molecule has 130 valence electrons. The molecular weight excluding hydrogens is 310 g/mol. The minimum absolute atomic E-state index is 0.0202. The van der Waals surface area contributed by atoms with Crippen molar-refractivity contribution in [2.45, 2.75) is 46.1 Å². The van der Waals surface area contributed by atoms with E-state index >= 15 is 0 Å². The zero-order chi connectivity index (χ0) is 17.8. The molecule has 1 heterocycles. The number of carbonyl (C=O) groups excluding carboxylic acids is 2. The molecule has 0 bridgehead atoms. The zero-order valence-corrected chi connectivity index (χ0v) is 15.0. The second kappa shape index (κ2) is 7.64. The van der Waals surface area contributed by atoms with Gasteiger partial charge in [0.2, 0.25) is 5.91 Å². The topological polar surface area (TPSA) is 37.4 Å². The number of amides is 1. The maximum Gasteiger partial charge on any atom is 0.227 e. The molecule has 2 aromatic rings. The molecule has 1 aliphatic heterocycles. The van der Waals surface area contributed by atoms with Crippen LogP contribution in [0.25, 0.3) is 0 Å². The van der Waals surface area contributed by atoms with E-state index in [1.54, 1.807) is 0 Å². The second-order valence-corrected chi connectivity index (χ2v) is 7.00. The average Bonchev–Trinajstić information content (AvgIpc) is 2.61. The molecule has 0 radical (unpaired) electrons. The third kappa shape index (κ3) is 3.98. The molecule has 0 spiro atoms. The van der Waals surface area contributed by atoms with Crippen LogP contribution in [0, 0.1) is 5.92 Å². The molecule has 0 saturated heterocycles. The number of hydrogen-bond acceptors (Lipinski definition) is 2. The lowest BCUT2D eigenvalue weighted by atomic mass is 9.95. The number of anilines is 1. The third-order valence-electron chi connectivity index (χ3n) is 4.92. The number of Topliss-reactive ketones (excluding diaryl/α,β-unsaturated/α-hetero) is 1. The summed E-state index contributed by atoms with van der Waals surface area (Å²) < 4.78 is 0. The summed E-state index contributed by atoms with van der Waals surface area (Å²) in [5, 5.41) is 0. The second-order valence-electron chi connectivity index (χ2n) is 7.00. The summed E-state index contributed by atoms with van der Waals surface area (Å²) in [6.07, 6.45) is 2.49. The molecule has 0 fully saturated rings. The molecular formula is C22H25NO2. The molecule has 0 atom stereocenters. The summed E-state index contributed by atoms with van der Waals surface area (Å²) in [6, 6.07) is 16.4. The highest BCUT2D eigenvalue weighted by atomic mass is 16.2. The number of rotatable bonds is 4. The van der Waals surface area contributed by atoms with E-state index in [0.29, 0.717) is 13.0 Å². The number of para-hydroxylation sites is 1. The molecule has 3 nitrogen and oxygen atoms in total. The number of nitrogens with zero attached hydrogens (tertiary/aromatic N) is 1. The van der Waals surface area contributed by atoms with Crippen LogP contribution in [0.15, 0.2) is 48.5 Å². The fraction of sp³-hybridized carbons (Fsp3) is 0.364. The van der Waals surface area contributed by atoms with Gasteiger partial charge in [-0.2, -0.15) is 0 Å². The molecule has 1 aliphatic rings. The Balaban J connectivity index is 1.89. The first-order valence-corrected chi connectivity index (χ1v) is 9.04. The Labute approximate surface area is 149 Å². The maximum atomic E-state index is 12.9. The van der Waals surface area contributed by atoms with E-state index in [4.69, 9.17) is 0 Å². The Hall–Kier alpha value is -2.42. The smallest absolute Gasteiger partial charge is 0.227 e. The van der Waals surface area contributed by atoms with Crippen molar-refractivity contribution in [2.75, 3.05) is 4.90 Å². The Morgan fingerprint density at radius 1 is 0.880 bits per heavy atom. The van der Waals surface area contributed by atoms with Crippen molar-refractivity contribution in [3.05, 3.63) is 65.2 Å². The van der Waals surface area contributed by atoms with E-state index in [0.717, 1.165) is 18.5 Å². The Morgan fingerprint density at radius 3 is 2.20 bits per heavy atom. The fourth-order valence-corrected chi connectivity index (χ4v) is 3.34. The molecule has 2 aromatic carbocycles. The van der Waals surface area contributed by atoms with Crippen LogP contribution in [0.2, 0.25) is 0 Å². The van der Waals surface area contributed by atoms with Gasteiger partial charge in [-0.3, -0.25) is 9.59 Å². The first-order chi connectivity index (χ1) is 12.1. The number of benzene rings is 2.